The third kappa shape index (κ3) is 3.55. The van der Waals surface area contributed by atoms with Crippen molar-refractivity contribution in [1.82, 2.24) is 10.6 Å². The molecule has 5 atom stereocenters. The van der Waals surface area contributed by atoms with Gasteiger partial charge in [-0.25, -0.2) is 0 Å². The number of piperidine rings is 1. The van der Waals surface area contributed by atoms with Crippen LogP contribution >= 0.6 is 0 Å². The summed E-state index contributed by atoms with van der Waals surface area (Å²) in [5, 5.41) is 7.73. The van der Waals surface area contributed by atoms with Gasteiger partial charge < -0.3 is 15.4 Å². The van der Waals surface area contributed by atoms with Gasteiger partial charge in [0, 0.05) is 24.7 Å². The molecule has 5 unspecified atom stereocenters. The van der Waals surface area contributed by atoms with Crippen LogP contribution < -0.4 is 10.6 Å². The average molecular weight is 280 g/mol. The quantitative estimate of drug-likeness (QED) is 0.831. The lowest BCUT2D eigenvalue weighted by molar-refractivity contribution is 0.0683. The van der Waals surface area contributed by atoms with Crippen LogP contribution in [0, 0.1) is 5.92 Å². The van der Waals surface area contributed by atoms with Crippen molar-refractivity contribution in [3.05, 3.63) is 0 Å². The number of rotatable bonds is 4. The smallest absolute Gasteiger partial charge is 0.0726 e. The van der Waals surface area contributed by atoms with E-state index in [1.165, 1.54) is 64.3 Å². The summed E-state index contributed by atoms with van der Waals surface area (Å²) in [5.41, 5.74) is 0. The van der Waals surface area contributed by atoms with Gasteiger partial charge in [-0.1, -0.05) is 19.3 Å². The van der Waals surface area contributed by atoms with Gasteiger partial charge in [0.25, 0.3) is 0 Å². The zero-order valence-electron chi connectivity index (χ0n) is 13.1. The summed E-state index contributed by atoms with van der Waals surface area (Å²) in [7, 11) is 0. The van der Waals surface area contributed by atoms with E-state index in [1.54, 1.807) is 0 Å². The molecule has 3 fully saturated rings. The summed E-state index contributed by atoms with van der Waals surface area (Å²) < 4.78 is 5.86. The third-order valence-electron chi connectivity index (χ3n) is 5.68. The van der Waals surface area contributed by atoms with Crippen LogP contribution in [0.4, 0.5) is 0 Å². The molecular weight excluding hydrogens is 248 g/mol. The Hall–Kier alpha value is -0.120. The Kier molecular flexibility index (Phi) is 5.36. The molecular formula is C17H32N2O. The average Bonchev–Trinajstić information content (AvgIpc) is 3.03. The van der Waals surface area contributed by atoms with E-state index < -0.39 is 0 Å². The van der Waals surface area contributed by atoms with Gasteiger partial charge >= 0.3 is 0 Å². The molecule has 3 aliphatic rings. The second-order valence-corrected chi connectivity index (χ2v) is 7.12. The largest absolute Gasteiger partial charge is 0.377 e. The van der Waals surface area contributed by atoms with Crippen LogP contribution in [-0.4, -0.2) is 37.4 Å². The minimum absolute atomic E-state index is 0.455. The molecule has 116 valence electrons. The molecule has 1 aliphatic carbocycles. The molecule has 1 saturated carbocycles. The molecule has 0 aromatic rings. The van der Waals surface area contributed by atoms with Gasteiger partial charge in [0.15, 0.2) is 0 Å². The Morgan fingerprint density at radius 3 is 2.60 bits per heavy atom. The van der Waals surface area contributed by atoms with E-state index in [2.05, 4.69) is 17.6 Å². The highest BCUT2D eigenvalue weighted by Gasteiger charge is 2.34. The monoisotopic (exact) mass is 280 g/mol. The van der Waals surface area contributed by atoms with Gasteiger partial charge in [0.1, 0.15) is 0 Å². The number of nitrogens with one attached hydrogen (secondary N) is 2. The van der Waals surface area contributed by atoms with Crippen LogP contribution in [0.2, 0.25) is 0 Å². The fourth-order valence-corrected chi connectivity index (χ4v) is 4.53. The van der Waals surface area contributed by atoms with Crippen molar-refractivity contribution < 1.29 is 4.74 Å². The maximum Gasteiger partial charge on any atom is 0.0726 e. The molecule has 0 radical (unpaired) electrons. The van der Waals surface area contributed by atoms with Crippen molar-refractivity contribution in [3.8, 4) is 0 Å². The Morgan fingerprint density at radius 1 is 1.00 bits per heavy atom. The molecule has 20 heavy (non-hydrogen) atoms. The normalized spacial score (nSPS) is 40.6. The van der Waals surface area contributed by atoms with Crippen LogP contribution in [-0.2, 0) is 4.74 Å². The van der Waals surface area contributed by atoms with Crippen LogP contribution in [0.15, 0.2) is 0 Å². The Balaban J connectivity index is 1.56. The van der Waals surface area contributed by atoms with Gasteiger partial charge in [0.05, 0.1) is 6.10 Å². The molecule has 2 aliphatic heterocycles. The van der Waals surface area contributed by atoms with E-state index in [9.17, 15) is 0 Å². The number of ether oxygens (including phenoxy) is 1. The van der Waals surface area contributed by atoms with Crippen LogP contribution in [0.3, 0.4) is 0 Å². The first-order chi connectivity index (χ1) is 9.84. The number of hydrogen-bond donors (Lipinski definition) is 2. The van der Waals surface area contributed by atoms with Crippen molar-refractivity contribution >= 4 is 0 Å². The first-order valence-electron chi connectivity index (χ1n) is 8.95. The van der Waals surface area contributed by atoms with E-state index in [0.29, 0.717) is 18.2 Å². The first kappa shape index (κ1) is 14.8. The minimum atomic E-state index is 0.455. The standard InChI is InChI=1S/C17H32N2O/c1-13(17-10-6-12-20-17)19-16-9-3-2-7-14(16)15-8-4-5-11-18-15/h13-19H,2-12H2,1H3. The molecule has 3 rings (SSSR count). The van der Waals surface area contributed by atoms with E-state index >= 15 is 0 Å². The molecule has 2 N–H and O–H groups in total. The SMILES string of the molecule is CC(NC1CCCCC1C1CCCCN1)C1CCCO1. The molecule has 0 aromatic carbocycles. The van der Waals surface area contributed by atoms with Gasteiger partial charge in [-0.2, -0.15) is 0 Å². The van der Waals surface area contributed by atoms with Crippen LogP contribution in [0.25, 0.3) is 0 Å². The maximum atomic E-state index is 5.86. The Morgan fingerprint density at radius 2 is 1.85 bits per heavy atom. The van der Waals surface area contributed by atoms with Crippen molar-refractivity contribution in [2.75, 3.05) is 13.2 Å². The lowest BCUT2D eigenvalue weighted by atomic mass is 9.77. The van der Waals surface area contributed by atoms with Crippen molar-refractivity contribution in [3.63, 3.8) is 0 Å². The lowest BCUT2D eigenvalue weighted by Crippen LogP contribution is -2.54. The molecule has 3 heteroatoms. The highest BCUT2D eigenvalue weighted by atomic mass is 16.5. The van der Waals surface area contributed by atoms with Crippen molar-refractivity contribution in [1.29, 1.82) is 0 Å². The summed E-state index contributed by atoms with van der Waals surface area (Å²) in [6, 6.07) is 1.99. The molecule has 3 nitrogen and oxygen atoms in total. The van der Waals surface area contributed by atoms with Crippen LogP contribution in [0.5, 0.6) is 0 Å². The van der Waals surface area contributed by atoms with Gasteiger partial charge in [-0.15, -0.1) is 0 Å². The number of hydrogen-bond acceptors (Lipinski definition) is 3. The van der Waals surface area contributed by atoms with Crippen LogP contribution in [0.1, 0.15) is 64.7 Å². The third-order valence-corrected chi connectivity index (χ3v) is 5.68. The fourth-order valence-electron chi connectivity index (χ4n) is 4.53. The minimum Gasteiger partial charge on any atom is -0.377 e. The zero-order valence-corrected chi connectivity index (χ0v) is 13.1. The summed E-state index contributed by atoms with van der Waals surface area (Å²) in [6.07, 6.45) is 12.7. The van der Waals surface area contributed by atoms with Crippen molar-refractivity contribution in [2.45, 2.75) is 88.9 Å². The second-order valence-electron chi connectivity index (χ2n) is 7.12. The van der Waals surface area contributed by atoms with E-state index in [-0.39, 0.29) is 0 Å². The second kappa shape index (κ2) is 7.24. The molecule has 0 amide bonds. The van der Waals surface area contributed by atoms with E-state index in [1.807, 2.05) is 0 Å². The summed E-state index contributed by atoms with van der Waals surface area (Å²) in [5.74, 6) is 0.841. The Labute approximate surface area is 124 Å². The van der Waals surface area contributed by atoms with Gasteiger partial charge in [-0.05, 0) is 57.9 Å². The zero-order chi connectivity index (χ0) is 13.8. The summed E-state index contributed by atoms with van der Waals surface area (Å²) in [4.78, 5) is 0. The molecule has 2 saturated heterocycles. The molecule has 0 bridgehead atoms. The topological polar surface area (TPSA) is 33.3 Å². The highest BCUT2D eigenvalue weighted by molar-refractivity contribution is 4.92. The summed E-state index contributed by atoms with van der Waals surface area (Å²) >= 11 is 0. The maximum absolute atomic E-state index is 5.86. The lowest BCUT2D eigenvalue weighted by Gasteiger charge is -2.41. The Bertz CT molecular complexity index is 285. The predicted octanol–water partition coefficient (Wildman–Crippen LogP) is 2.84. The highest BCUT2D eigenvalue weighted by Crippen LogP contribution is 2.31. The van der Waals surface area contributed by atoms with E-state index in [0.717, 1.165) is 18.6 Å². The molecule has 0 aromatic heterocycles. The summed E-state index contributed by atoms with van der Waals surface area (Å²) in [6.45, 7) is 4.53. The van der Waals surface area contributed by atoms with Crippen molar-refractivity contribution in [2.24, 2.45) is 5.92 Å². The predicted molar refractivity (Wildman–Crippen MR) is 83.0 cm³/mol. The van der Waals surface area contributed by atoms with E-state index in [4.69, 9.17) is 4.74 Å². The molecule has 0 spiro atoms. The fraction of sp³-hybridized carbons (Fsp3) is 1.00. The first-order valence-corrected chi connectivity index (χ1v) is 8.95. The van der Waals surface area contributed by atoms with Gasteiger partial charge in [-0.3, -0.25) is 0 Å². The molecule has 2 heterocycles. The van der Waals surface area contributed by atoms with Gasteiger partial charge in [0.2, 0.25) is 0 Å².